The van der Waals surface area contributed by atoms with Gasteiger partial charge in [-0.1, -0.05) is 0 Å². The molecule has 0 fully saturated rings. The van der Waals surface area contributed by atoms with E-state index in [1.165, 1.54) is 13.1 Å². The molecular formula is C10H12N2O4. The van der Waals surface area contributed by atoms with Crippen molar-refractivity contribution in [2.45, 2.75) is 20.8 Å². The fraction of sp³-hybridized carbons (Fsp3) is 0.400. The summed E-state index contributed by atoms with van der Waals surface area (Å²) in [6, 6.07) is 0. The molecule has 0 amide bonds. The van der Waals surface area contributed by atoms with Gasteiger partial charge in [0.25, 0.3) is 5.69 Å². The number of hydrogen-bond acceptors (Lipinski definition) is 5. The van der Waals surface area contributed by atoms with Crippen LogP contribution in [0.25, 0.3) is 0 Å². The zero-order chi connectivity index (χ0) is 12.3. The molecule has 0 saturated carbocycles. The summed E-state index contributed by atoms with van der Waals surface area (Å²) in [7, 11) is 0. The van der Waals surface area contributed by atoms with Gasteiger partial charge in [-0.2, -0.15) is 0 Å². The van der Waals surface area contributed by atoms with E-state index in [0.29, 0.717) is 5.56 Å². The third-order valence-corrected chi connectivity index (χ3v) is 2.12. The molecule has 6 heteroatoms. The van der Waals surface area contributed by atoms with Crippen molar-refractivity contribution in [1.29, 1.82) is 0 Å². The molecule has 1 heterocycles. The van der Waals surface area contributed by atoms with Gasteiger partial charge in [0.1, 0.15) is 0 Å². The van der Waals surface area contributed by atoms with Crippen molar-refractivity contribution in [3.05, 3.63) is 33.1 Å². The van der Waals surface area contributed by atoms with E-state index in [2.05, 4.69) is 4.98 Å². The smallest absolute Gasteiger partial charge is 0.357 e. The highest BCUT2D eigenvalue weighted by molar-refractivity contribution is 5.90. The first-order valence-corrected chi connectivity index (χ1v) is 4.76. The van der Waals surface area contributed by atoms with Crippen LogP contribution < -0.4 is 0 Å². The number of carbonyl (C=O) groups is 1. The lowest BCUT2D eigenvalue weighted by Gasteiger charge is -2.06. The van der Waals surface area contributed by atoms with Crippen LogP contribution in [0.1, 0.15) is 28.5 Å². The Morgan fingerprint density at radius 3 is 2.69 bits per heavy atom. The SMILES string of the molecule is CCOC(=O)c1ncc(C)c([N+](=O)[O-])c1C. The van der Waals surface area contributed by atoms with Crippen molar-refractivity contribution in [3.63, 3.8) is 0 Å². The second-order valence-electron chi connectivity index (χ2n) is 3.24. The third kappa shape index (κ3) is 2.16. The molecule has 0 aliphatic carbocycles. The first kappa shape index (κ1) is 12.1. The van der Waals surface area contributed by atoms with Crippen LogP contribution in [0, 0.1) is 24.0 Å². The minimum atomic E-state index is -0.636. The molecule has 1 rings (SSSR count). The summed E-state index contributed by atoms with van der Waals surface area (Å²) in [4.78, 5) is 25.6. The average molecular weight is 224 g/mol. The van der Waals surface area contributed by atoms with Gasteiger partial charge in [-0.15, -0.1) is 0 Å². The van der Waals surface area contributed by atoms with Gasteiger partial charge in [0.15, 0.2) is 5.69 Å². The first-order chi connectivity index (χ1) is 7.49. The van der Waals surface area contributed by atoms with Crippen LogP contribution in [0.3, 0.4) is 0 Å². The predicted molar refractivity (Wildman–Crippen MR) is 56.3 cm³/mol. The first-order valence-electron chi connectivity index (χ1n) is 4.76. The van der Waals surface area contributed by atoms with Crippen molar-refractivity contribution in [2.24, 2.45) is 0 Å². The zero-order valence-electron chi connectivity index (χ0n) is 9.31. The summed E-state index contributed by atoms with van der Waals surface area (Å²) in [5.41, 5.74) is 0.580. The van der Waals surface area contributed by atoms with Crippen molar-refractivity contribution in [2.75, 3.05) is 6.61 Å². The van der Waals surface area contributed by atoms with E-state index in [1.807, 2.05) is 0 Å². The predicted octanol–water partition coefficient (Wildman–Crippen LogP) is 1.78. The van der Waals surface area contributed by atoms with Gasteiger partial charge in [0, 0.05) is 11.8 Å². The molecule has 0 unspecified atom stereocenters. The monoisotopic (exact) mass is 224 g/mol. The van der Waals surface area contributed by atoms with Crippen molar-refractivity contribution in [1.82, 2.24) is 4.98 Å². The number of esters is 1. The minimum Gasteiger partial charge on any atom is -0.461 e. The number of rotatable bonds is 3. The molecule has 0 aromatic carbocycles. The minimum absolute atomic E-state index is 0.000787. The van der Waals surface area contributed by atoms with Crippen LogP contribution in [0.15, 0.2) is 6.20 Å². The second kappa shape index (κ2) is 4.69. The molecule has 0 aliphatic heterocycles. The maximum absolute atomic E-state index is 11.4. The molecule has 1 aromatic heterocycles. The van der Waals surface area contributed by atoms with Crippen LogP contribution in [0.4, 0.5) is 5.69 Å². The highest BCUT2D eigenvalue weighted by Crippen LogP contribution is 2.24. The van der Waals surface area contributed by atoms with E-state index in [4.69, 9.17) is 4.74 Å². The Morgan fingerprint density at radius 2 is 2.19 bits per heavy atom. The Kier molecular flexibility index (Phi) is 3.55. The van der Waals surface area contributed by atoms with Crippen LogP contribution in [-0.4, -0.2) is 22.5 Å². The number of nitro groups is 1. The highest BCUT2D eigenvalue weighted by Gasteiger charge is 2.23. The van der Waals surface area contributed by atoms with Crippen molar-refractivity contribution in [3.8, 4) is 0 Å². The Balaban J connectivity index is 3.29. The van der Waals surface area contributed by atoms with Crippen LogP contribution in [0.5, 0.6) is 0 Å². The topological polar surface area (TPSA) is 82.3 Å². The fourth-order valence-electron chi connectivity index (χ4n) is 1.41. The van der Waals surface area contributed by atoms with Gasteiger partial charge in [-0.05, 0) is 20.8 Å². The summed E-state index contributed by atoms with van der Waals surface area (Å²) in [5, 5.41) is 10.8. The van der Waals surface area contributed by atoms with E-state index in [-0.39, 0.29) is 23.6 Å². The molecule has 0 aliphatic rings. The van der Waals surface area contributed by atoms with E-state index >= 15 is 0 Å². The van der Waals surface area contributed by atoms with Crippen LogP contribution in [-0.2, 0) is 4.74 Å². The number of nitrogens with zero attached hydrogens (tertiary/aromatic N) is 2. The highest BCUT2D eigenvalue weighted by atomic mass is 16.6. The molecule has 0 atom stereocenters. The summed E-state index contributed by atoms with van der Waals surface area (Å²) in [5.74, 6) is -0.636. The summed E-state index contributed by atoms with van der Waals surface area (Å²) >= 11 is 0. The zero-order valence-corrected chi connectivity index (χ0v) is 9.31. The molecule has 0 saturated heterocycles. The van der Waals surface area contributed by atoms with Gasteiger partial charge in [0.2, 0.25) is 0 Å². The molecule has 6 nitrogen and oxygen atoms in total. The number of aromatic nitrogens is 1. The maximum Gasteiger partial charge on any atom is 0.357 e. The Hall–Kier alpha value is -1.98. The number of carbonyl (C=O) groups excluding carboxylic acids is 1. The number of ether oxygens (including phenoxy) is 1. The van der Waals surface area contributed by atoms with E-state index in [1.54, 1.807) is 13.8 Å². The fourth-order valence-corrected chi connectivity index (χ4v) is 1.41. The van der Waals surface area contributed by atoms with Gasteiger partial charge in [-0.25, -0.2) is 9.78 Å². The number of pyridine rings is 1. The summed E-state index contributed by atoms with van der Waals surface area (Å²) in [6.07, 6.45) is 1.30. The molecule has 1 aromatic rings. The molecule has 86 valence electrons. The summed E-state index contributed by atoms with van der Waals surface area (Å²) in [6.45, 7) is 4.94. The molecule has 0 N–H and O–H groups in total. The van der Waals surface area contributed by atoms with E-state index < -0.39 is 10.9 Å². The second-order valence-corrected chi connectivity index (χ2v) is 3.24. The number of aryl methyl sites for hydroxylation is 1. The largest absolute Gasteiger partial charge is 0.461 e. The van der Waals surface area contributed by atoms with E-state index in [0.717, 1.165) is 0 Å². The Labute approximate surface area is 92.4 Å². The van der Waals surface area contributed by atoms with Gasteiger partial charge in [0.05, 0.1) is 17.1 Å². The quantitative estimate of drug-likeness (QED) is 0.444. The molecule has 0 bridgehead atoms. The van der Waals surface area contributed by atoms with E-state index in [9.17, 15) is 14.9 Å². The summed E-state index contributed by atoms with van der Waals surface area (Å²) < 4.78 is 4.76. The molecule has 0 spiro atoms. The normalized spacial score (nSPS) is 9.94. The van der Waals surface area contributed by atoms with Crippen LogP contribution >= 0.6 is 0 Å². The van der Waals surface area contributed by atoms with Crippen molar-refractivity contribution >= 4 is 11.7 Å². The van der Waals surface area contributed by atoms with Gasteiger partial charge < -0.3 is 4.74 Å². The van der Waals surface area contributed by atoms with Gasteiger partial charge in [-0.3, -0.25) is 10.1 Å². The lowest BCUT2D eigenvalue weighted by Crippen LogP contribution is -2.11. The lowest BCUT2D eigenvalue weighted by atomic mass is 10.1. The Morgan fingerprint density at radius 1 is 1.56 bits per heavy atom. The number of hydrogen-bond donors (Lipinski definition) is 0. The Bertz CT molecular complexity index is 443. The lowest BCUT2D eigenvalue weighted by molar-refractivity contribution is -0.386. The average Bonchev–Trinajstić information content (AvgIpc) is 2.17. The van der Waals surface area contributed by atoms with Crippen molar-refractivity contribution < 1.29 is 14.5 Å². The molecule has 0 radical (unpaired) electrons. The maximum atomic E-state index is 11.4. The third-order valence-electron chi connectivity index (χ3n) is 2.12. The standard InChI is InChI=1S/C10H12N2O4/c1-4-16-10(13)8-7(3)9(12(14)15)6(2)5-11-8/h5H,4H2,1-3H3. The van der Waals surface area contributed by atoms with Crippen LogP contribution in [0.2, 0.25) is 0 Å². The van der Waals surface area contributed by atoms with Gasteiger partial charge >= 0.3 is 5.97 Å². The molecular weight excluding hydrogens is 212 g/mol. The molecule has 16 heavy (non-hydrogen) atoms.